The molecule has 0 heterocycles. The van der Waals surface area contributed by atoms with Crippen molar-refractivity contribution in [3.63, 3.8) is 0 Å². The molecule has 64 heavy (non-hydrogen) atoms. The Morgan fingerprint density at radius 3 is 1.30 bits per heavy atom. The van der Waals surface area contributed by atoms with Gasteiger partial charge in [-0.25, -0.2) is 0 Å². The normalized spacial score (nSPS) is 14.0. The smallest absolute Gasteiger partial charge is 0.306 e. The summed E-state index contributed by atoms with van der Waals surface area (Å²) in [6.07, 6.45) is 58.1. The van der Waals surface area contributed by atoms with Gasteiger partial charge in [-0.2, -0.15) is 0 Å². The largest absolute Gasteiger partial charge is 0.756 e. The summed E-state index contributed by atoms with van der Waals surface area (Å²) in [6.45, 7) is 4.05. The van der Waals surface area contributed by atoms with Crippen molar-refractivity contribution in [3.8, 4) is 0 Å². The summed E-state index contributed by atoms with van der Waals surface area (Å²) in [5.41, 5.74) is 0. The standard InChI is InChI=1S/C54H96NO8P/c1-6-8-10-12-14-16-18-20-22-24-26-27-29-30-32-34-36-38-40-42-44-46-53(56)60-50-52(51-62-64(58,59)61-49-48-55(3,4)5)63-54(57)47-45-43-41-39-37-35-33-31-28-25-23-21-19-17-15-13-11-9-7-2/h9,11,15,17,21,23,28,31,35,37,41,43,52H,6-8,10,12-14,16,18-20,22,24-27,29-30,32-34,36,38-40,42,44-51H2,1-5H3/b11-9-,17-15-,23-21-,31-28-,37-35-,43-41-. The molecule has 10 heteroatoms. The van der Waals surface area contributed by atoms with Crippen LogP contribution >= 0.6 is 7.82 Å². The molecule has 0 N–H and O–H groups in total. The summed E-state index contributed by atoms with van der Waals surface area (Å²) in [5, 5.41) is 0. The average Bonchev–Trinajstić information content (AvgIpc) is 3.25. The van der Waals surface area contributed by atoms with Crippen LogP contribution in [0, 0.1) is 0 Å². The molecule has 0 fully saturated rings. The molecule has 0 aliphatic heterocycles. The first-order chi connectivity index (χ1) is 31.0. The first-order valence-corrected chi connectivity index (χ1v) is 27.1. The second-order valence-electron chi connectivity index (χ2n) is 18.2. The number of quaternary nitrogens is 1. The lowest BCUT2D eigenvalue weighted by Crippen LogP contribution is -2.37. The van der Waals surface area contributed by atoms with E-state index in [1.54, 1.807) is 0 Å². The number of ether oxygens (including phenoxy) is 2. The molecule has 9 nitrogen and oxygen atoms in total. The molecule has 0 saturated heterocycles. The number of phosphoric acid groups is 1. The molecule has 0 aliphatic rings. The summed E-state index contributed by atoms with van der Waals surface area (Å²) < 4.78 is 33.9. The molecule has 0 aromatic heterocycles. The topological polar surface area (TPSA) is 111 Å². The lowest BCUT2D eigenvalue weighted by atomic mass is 10.0. The molecule has 0 aromatic carbocycles. The molecule has 2 unspecified atom stereocenters. The number of phosphoric ester groups is 1. The van der Waals surface area contributed by atoms with E-state index in [0.29, 0.717) is 17.4 Å². The SMILES string of the molecule is CC/C=C\C/C=C\C/C=C\C/C=C\C/C=C\C/C=C\CCC(=O)OC(COC(=O)CCCCCCCCCCCCCCCCCCCCCCC)COP(=O)([O-])OCC[N+](C)(C)C. The van der Waals surface area contributed by atoms with Crippen LogP contribution in [0.15, 0.2) is 72.9 Å². The molecule has 0 rings (SSSR count). The van der Waals surface area contributed by atoms with Crippen LogP contribution in [0.5, 0.6) is 0 Å². The van der Waals surface area contributed by atoms with Gasteiger partial charge in [0.25, 0.3) is 7.82 Å². The van der Waals surface area contributed by atoms with E-state index < -0.39 is 32.5 Å². The number of hydrogen-bond donors (Lipinski definition) is 0. The van der Waals surface area contributed by atoms with E-state index in [1.165, 1.54) is 116 Å². The van der Waals surface area contributed by atoms with Crippen molar-refractivity contribution in [2.75, 3.05) is 47.5 Å². The molecule has 0 aliphatic carbocycles. The quantitative estimate of drug-likeness (QED) is 0.0195. The third kappa shape index (κ3) is 48.9. The van der Waals surface area contributed by atoms with Gasteiger partial charge in [0, 0.05) is 12.8 Å². The van der Waals surface area contributed by atoms with Gasteiger partial charge in [-0.1, -0.05) is 215 Å². The minimum atomic E-state index is -4.65. The lowest BCUT2D eigenvalue weighted by molar-refractivity contribution is -0.870. The van der Waals surface area contributed by atoms with Crippen molar-refractivity contribution < 1.29 is 42.1 Å². The van der Waals surface area contributed by atoms with Crippen molar-refractivity contribution in [2.24, 2.45) is 0 Å². The van der Waals surface area contributed by atoms with Crippen LogP contribution in [0.1, 0.15) is 206 Å². The maximum atomic E-state index is 12.7. The van der Waals surface area contributed by atoms with Crippen LogP contribution < -0.4 is 4.89 Å². The Morgan fingerprint density at radius 2 is 0.891 bits per heavy atom. The first-order valence-electron chi connectivity index (χ1n) is 25.6. The van der Waals surface area contributed by atoms with Gasteiger partial charge < -0.3 is 27.9 Å². The minimum Gasteiger partial charge on any atom is -0.756 e. The molecule has 370 valence electrons. The summed E-state index contributed by atoms with van der Waals surface area (Å²) in [6, 6.07) is 0. The molecule has 0 bridgehead atoms. The van der Waals surface area contributed by atoms with Crippen LogP contribution in [0.2, 0.25) is 0 Å². The lowest BCUT2D eigenvalue weighted by Gasteiger charge is -2.28. The Labute approximate surface area is 393 Å². The molecule has 0 radical (unpaired) electrons. The van der Waals surface area contributed by atoms with Crippen molar-refractivity contribution >= 4 is 19.8 Å². The van der Waals surface area contributed by atoms with Gasteiger partial charge in [0.1, 0.15) is 19.8 Å². The van der Waals surface area contributed by atoms with Crippen LogP contribution in [0.4, 0.5) is 0 Å². The van der Waals surface area contributed by atoms with E-state index in [2.05, 4.69) is 74.6 Å². The molecular weight excluding hydrogens is 822 g/mol. The maximum Gasteiger partial charge on any atom is 0.306 e. The maximum absolute atomic E-state index is 12.7. The van der Waals surface area contributed by atoms with Crippen LogP contribution in [-0.4, -0.2) is 70.0 Å². The van der Waals surface area contributed by atoms with Gasteiger partial charge in [0.15, 0.2) is 6.10 Å². The second-order valence-corrected chi connectivity index (χ2v) is 19.6. The van der Waals surface area contributed by atoms with Gasteiger partial charge in [-0.3, -0.25) is 14.2 Å². The Balaban J connectivity index is 4.34. The van der Waals surface area contributed by atoms with E-state index in [0.717, 1.165) is 57.8 Å². The highest BCUT2D eigenvalue weighted by Crippen LogP contribution is 2.38. The fourth-order valence-corrected chi connectivity index (χ4v) is 7.53. The summed E-state index contributed by atoms with van der Waals surface area (Å²) in [7, 11) is 1.12. The van der Waals surface area contributed by atoms with E-state index in [4.69, 9.17) is 18.5 Å². The third-order valence-electron chi connectivity index (χ3n) is 10.8. The summed E-state index contributed by atoms with van der Waals surface area (Å²) in [4.78, 5) is 37.7. The van der Waals surface area contributed by atoms with Crippen LogP contribution in [-0.2, 0) is 32.7 Å². The van der Waals surface area contributed by atoms with Crippen molar-refractivity contribution in [1.82, 2.24) is 0 Å². The summed E-state index contributed by atoms with van der Waals surface area (Å²) in [5.74, 6) is -0.929. The molecule has 0 aromatic rings. The predicted octanol–water partition coefficient (Wildman–Crippen LogP) is 14.7. The van der Waals surface area contributed by atoms with Gasteiger partial charge >= 0.3 is 11.9 Å². The molecule has 0 amide bonds. The zero-order valence-corrected chi connectivity index (χ0v) is 42.6. The van der Waals surface area contributed by atoms with E-state index in [9.17, 15) is 19.0 Å². The molecular formula is C54H96NO8P. The molecule has 0 saturated carbocycles. The molecule has 0 spiro atoms. The monoisotopic (exact) mass is 918 g/mol. The zero-order chi connectivity index (χ0) is 47.1. The Morgan fingerprint density at radius 1 is 0.500 bits per heavy atom. The highest BCUT2D eigenvalue weighted by atomic mass is 31.2. The van der Waals surface area contributed by atoms with E-state index in [1.807, 2.05) is 33.3 Å². The van der Waals surface area contributed by atoms with Crippen LogP contribution in [0.3, 0.4) is 0 Å². The Hall–Kier alpha value is -2.55. The molecule has 2 atom stereocenters. The van der Waals surface area contributed by atoms with Gasteiger partial charge in [0.05, 0.1) is 27.7 Å². The van der Waals surface area contributed by atoms with E-state index in [-0.39, 0.29) is 26.1 Å². The number of carbonyl (C=O) groups is 2. The van der Waals surface area contributed by atoms with Gasteiger partial charge in [-0.15, -0.1) is 0 Å². The minimum absolute atomic E-state index is 0.0464. The van der Waals surface area contributed by atoms with Crippen molar-refractivity contribution in [2.45, 2.75) is 213 Å². The predicted molar refractivity (Wildman–Crippen MR) is 268 cm³/mol. The Bertz CT molecular complexity index is 1310. The van der Waals surface area contributed by atoms with Crippen LogP contribution in [0.25, 0.3) is 0 Å². The number of allylic oxidation sites excluding steroid dienone is 12. The van der Waals surface area contributed by atoms with Crippen molar-refractivity contribution in [1.29, 1.82) is 0 Å². The van der Waals surface area contributed by atoms with Crippen molar-refractivity contribution in [3.05, 3.63) is 72.9 Å². The first kappa shape index (κ1) is 61.5. The number of rotatable bonds is 46. The number of esters is 2. The van der Waals surface area contributed by atoms with E-state index >= 15 is 0 Å². The summed E-state index contributed by atoms with van der Waals surface area (Å²) >= 11 is 0. The fourth-order valence-electron chi connectivity index (χ4n) is 6.80. The second kappa shape index (κ2) is 45.6. The zero-order valence-electron chi connectivity index (χ0n) is 41.7. The number of hydrogen-bond acceptors (Lipinski definition) is 8. The van der Waals surface area contributed by atoms with Gasteiger partial charge in [0.2, 0.25) is 0 Å². The average molecular weight is 918 g/mol. The number of likely N-dealkylation sites (N-methyl/N-ethyl adjacent to an activating group) is 1. The number of carbonyl (C=O) groups excluding carboxylic acids is 2. The highest BCUT2D eigenvalue weighted by molar-refractivity contribution is 7.45. The number of unbranched alkanes of at least 4 members (excludes halogenated alkanes) is 20. The number of nitrogens with zero attached hydrogens (tertiary/aromatic N) is 1. The van der Waals surface area contributed by atoms with Gasteiger partial charge in [-0.05, 0) is 51.4 Å². The highest BCUT2D eigenvalue weighted by Gasteiger charge is 2.21. The Kier molecular flexibility index (Phi) is 43.8. The third-order valence-corrected chi connectivity index (χ3v) is 11.7. The fraction of sp³-hybridized carbons (Fsp3) is 0.741.